The zero-order valence-electron chi connectivity index (χ0n) is 18.5. The van der Waals surface area contributed by atoms with Crippen molar-refractivity contribution in [1.29, 1.82) is 0 Å². The van der Waals surface area contributed by atoms with Crippen LogP contribution in [-0.4, -0.2) is 34.5 Å². The lowest BCUT2D eigenvalue weighted by molar-refractivity contribution is -0.119. The molecule has 1 N–H and O–H groups in total. The van der Waals surface area contributed by atoms with Crippen molar-refractivity contribution in [2.24, 2.45) is 0 Å². The van der Waals surface area contributed by atoms with Gasteiger partial charge in [0.1, 0.15) is 12.3 Å². The minimum Gasteiger partial charge on any atom is -0.497 e. The van der Waals surface area contributed by atoms with Crippen LogP contribution in [0.3, 0.4) is 0 Å². The van der Waals surface area contributed by atoms with E-state index in [-0.39, 0.29) is 23.3 Å². The van der Waals surface area contributed by atoms with Crippen LogP contribution in [0.2, 0.25) is 0 Å². The summed E-state index contributed by atoms with van der Waals surface area (Å²) in [4.78, 5) is 12.9. The number of nitrogens with zero attached hydrogens (tertiary/aromatic N) is 1. The zero-order chi connectivity index (χ0) is 23.1. The van der Waals surface area contributed by atoms with Gasteiger partial charge in [0.15, 0.2) is 0 Å². The Morgan fingerprint density at radius 1 is 0.969 bits per heavy atom. The zero-order valence-corrected chi connectivity index (χ0v) is 19.3. The molecule has 168 valence electrons. The Balaban J connectivity index is 1.81. The molecule has 0 saturated carbocycles. The topological polar surface area (TPSA) is 75.7 Å². The van der Waals surface area contributed by atoms with E-state index in [0.29, 0.717) is 18.0 Å². The first-order valence-corrected chi connectivity index (χ1v) is 11.8. The van der Waals surface area contributed by atoms with E-state index in [1.807, 2.05) is 56.3 Å². The first kappa shape index (κ1) is 23.3. The van der Waals surface area contributed by atoms with E-state index in [9.17, 15) is 13.2 Å². The molecule has 0 spiro atoms. The fourth-order valence-corrected chi connectivity index (χ4v) is 4.67. The van der Waals surface area contributed by atoms with E-state index in [2.05, 4.69) is 5.32 Å². The number of carbonyl (C=O) groups excluding carboxylic acids is 1. The number of sulfonamides is 1. The summed E-state index contributed by atoms with van der Waals surface area (Å²) in [5.41, 5.74) is 2.53. The number of ether oxygens (including phenoxy) is 1. The molecule has 0 fully saturated rings. The molecule has 0 radical (unpaired) electrons. The van der Waals surface area contributed by atoms with Gasteiger partial charge in [-0.05, 0) is 54.8 Å². The second-order valence-electron chi connectivity index (χ2n) is 7.64. The number of rotatable bonds is 9. The van der Waals surface area contributed by atoms with Crippen LogP contribution in [0.5, 0.6) is 5.75 Å². The molecular formula is C25H28N2O4S. The first-order chi connectivity index (χ1) is 15.3. The van der Waals surface area contributed by atoms with E-state index >= 15 is 0 Å². The lowest BCUT2D eigenvalue weighted by Crippen LogP contribution is -2.41. The maximum Gasteiger partial charge on any atom is 0.264 e. The molecule has 0 aliphatic heterocycles. The molecule has 6 nitrogen and oxygen atoms in total. The normalized spacial score (nSPS) is 12.1. The predicted molar refractivity (Wildman–Crippen MR) is 127 cm³/mol. The second-order valence-corrected chi connectivity index (χ2v) is 9.50. The Kier molecular flexibility index (Phi) is 7.53. The van der Waals surface area contributed by atoms with Crippen LogP contribution >= 0.6 is 0 Å². The smallest absolute Gasteiger partial charge is 0.264 e. The summed E-state index contributed by atoms with van der Waals surface area (Å²) in [5, 5.41) is 2.87. The molecule has 3 aromatic rings. The van der Waals surface area contributed by atoms with E-state index in [1.165, 1.54) is 19.2 Å². The van der Waals surface area contributed by atoms with Gasteiger partial charge in [-0.2, -0.15) is 0 Å². The molecule has 1 amide bonds. The summed E-state index contributed by atoms with van der Waals surface area (Å²) < 4.78 is 33.1. The van der Waals surface area contributed by atoms with E-state index < -0.39 is 10.0 Å². The Bertz CT molecular complexity index is 1130. The van der Waals surface area contributed by atoms with Crippen molar-refractivity contribution in [3.8, 4) is 5.75 Å². The standard InChI is InChI=1S/C25H28N2O4S/c1-19-9-11-22(12-10-19)27(32(29,30)24-15-13-23(31-3)14-16-24)18-25(28)26-17-20(2)21-7-5-4-6-8-21/h4-16,20H,17-18H2,1-3H3,(H,26,28). The second kappa shape index (κ2) is 10.3. The Labute approximate surface area is 189 Å². The number of nitrogens with one attached hydrogen (secondary N) is 1. The van der Waals surface area contributed by atoms with Gasteiger partial charge in [0.25, 0.3) is 10.0 Å². The van der Waals surface area contributed by atoms with Crippen LogP contribution in [0.15, 0.2) is 83.8 Å². The fourth-order valence-electron chi connectivity index (χ4n) is 3.25. The Morgan fingerprint density at radius 3 is 2.19 bits per heavy atom. The van der Waals surface area contributed by atoms with Gasteiger partial charge in [-0.3, -0.25) is 9.10 Å². The largest absolute Gasteiger partial charge is 0.497 e. The summed E-state index contributed by atoms with van der Waals surface area (Å²) in [7, 11) is -2.44. The molecule has 7 heteroatoms. The van der Waals surface area contributed by atoms with E-state index in [4.69, 9.17) is 4.74 Å². The van der Waals surface area contributed by atoms with Crippen molar-refractivity contribution >= 4 is 21.6 Å². The third kappa shape index (κ3) is 5.68. The quantitative estimate of drug-likeness (QED) is 0.530. The van der Waals surface area contributed by atoms with Gasteiger partial charge >= 0.3 is 0 Å². The highest BCUT2D eigenvalue weighted by molar-refractivity contribution is 7.92. The number of amides is 1. The fraction of sp³-hybridized carbons (Fsp3) is 0.240. The SMILES string of the molecule is COc1ccc(S(=O)(=O)N(CC(=O)NCC(C)c2ccccc2)c2ccc(C)cc2)cc1. The molecule has 3 rings (SSSR count). The van der Waals surface area contributed by atoms with Crippen molar-refractivity contribution in [3.05, 3.63) is 90.0 Å². The van der Waals surface area contributed by atoms with Crippen LogP contribution in [-0.2, 0) is 14.8 Å². The summed E-state index contributed by atoms with van der Waals surface area (Å²) >= 11 is 0. The number of benzene rings is 3. The molecule has 3 aromatic carbocycles. The van der Waals surface area contributed by atoms with Crippen molar-refractivity contribution in [2.45, 2.75) is 24.7 Å². The maximum atomic E-state index is 13.4. The van der Waals surface area contributed by atoms with Gasteiger partial charge in [0.05, 0.1) is 17.7 Å². The molecule has 1 atom stereocenters. The molecule has 0 heterocycles. The number of methoxy groups -OCH3 is 1. The van der Waals surface area contributed by atoms with Gasteiger partial charge in [0, 0.05) is 6.54 Å². The average molecular weight is 453 g/mol. The van der Waals surface area contributed by atoms with Crippen LogP contribution in [0.25, 0.3) is 0 Å². The molecule has 0 aliphatic rings. The summed E-state index contributed by atoms with van der Waals surface area (Å²) in [5.74, 6) is 0.287. The number of anilines is 1. The summed E-state index contributed by atoms with van der Waals surface area (Å²) in [6, 6.07) is 23.0. The van der Waals surface area contributed by atoms with Crippen molar-refractivity contribution in [1.82, 2.24) is 5.32 Å². The molecular weight excluding hydrogens is 424 g/mol. The van der Waals surface area contributed by atoms with E-state index in [1.54, 1.807) is 24.3 Å². The first-order valence-electron chi connectivity index (χ1n) is 10.4. The molecule has 0 aliphatic carbocycles. The Morgan fingerprint density at radius 2 is 1.59 bits per heavy atom. The van der Waals surface area contributed by atoms with E-state index in [0.717, 1.165) is 15.4 Å². The van der Waals surface area contributed by atoms with Gasteiger partial charge in [0.2, 0.25) is 5.91 Å². The maximum absolute atomic E-state index is 13.4. The third-order valence-corrected chi connectivity index (χ3v) is 7.02. The summed E-state index contributed by atoms with van der Waals surface area (Å²) in [6.45, 7) is 4.03. The van der Waals surface area contributed by atoms with Crippen molar-refractivity contribution < 1.29 is 17.9 Å². The van der Waals surface area contributed by atoms with Crippen LogP contribution in [0, 0.1) is 6.92 Å². The molecule has 0 saturated heterocycles. The highest BCUT2D eigenvalue weighted by Crippen LogP contribution is 2.25. The number of aryl methyl sites for hydroxylation is 1. The van der Waals surface area contributed by atoms with Crippen LogP contribution < -0.4 is 14.4 Å². The molecule has 32 heavy (non-hydrogen) atoms. The van der Waals surface area contributed by atoms with Crippen molar-refractivity contribution in [3.63, 3.8) is 0 Å². The highest BCUT2D eigenvalue weighted by Gasteiger charge is 2.27. The average Bonchev–Trinajstić information content (AvgIpc) is 2.82. The van der Waals surface area contributed by atoms with Crippen molar-refractivity contribution in [2.75, 3.05) is 24.5 Å². The molecule has 0 aromatic heterocycles. The van der Waals surface area contributed by atoms with Gasteiger partial charge in [-0.15, -0.1) is 0 Å². The lowest BCUT2D eigenvalue weighted by atomic mass is 10.0. The monoisotopic (exact) mass is 452 g/mol. The predicted octanol–water partition coefficient (Wildman–Crippen LogP) is 4.12. The van der Waals surface area contributed by atoms with Gasteiger partial charge in [-0.25, -0.2) is 8.42 Å². The number of hydrogen-bond acceptors (Lipinski definition) is 4. The molecule has 0 bridgehead atoms. The number of hydrogen-bond donors (Lipinski definition) is 1. The lowest BCUT2D eigenvalue weighted by Gasteiger charge is -2.25. The highest BCUT2D eigenvalue weighted by atomic mass is 32.2. The third-order valence-electron chi connectivity index (χ3n) is 5.23. The van der Waals surface area contributed by atoms with Gasteiger partial charge < -0.3 is 10.1 Å². The minimum absolute atomic E-state index is 0.0873. The van der Waals surface area contributed by atoms with Gasteiger partial charge in [-0.1, -0.05) is 55.0 Å². The van der Waals surface area contributed by atoms with Crippen LogP contribution in [0.4, 0.5) is 5.69 Å². The van der Waals surface area contributed by atoms with Crippen LogP contribution in [0.1, 0.15) is 24.0 Å². The summed E-state index contributed by atoms with van der Waals surface area (Å²) in [6.07, 6.45) is 0. The Hall–Kier alpha value is -3.32. The minimum atomic E-state index is -3.96. The molecule has 1 unspecified atom stereocenters. The number of carbonyl (C=O) groups is 1.